The molecule has 2 aliphatic rings. The van der Waals surface area contributed by atoms with Crippen molar-refractivity contribution in [3.63, 3.8) is 0 Å². The first kappa shape index (κ1) is 22.5. The number of rotatable bonds is 6. The average molecular weight is 438 g/mol. The fraction of sp³-hybridized carbons (Fsp3) is 0.619. The van der Waals surface area contributed by atoms with Gasteiger partial charge in [-0.25, -0.2) is 9.18 Å². The Labute approximate surface area is 178 Å². The van der Waals surface area contributed by atoms with E-state index in [1.807, 2.05) is 4.90 Å². The summed E-state index contributed by atoms with van der Waals surface area (Å²) in [6, 6.07) is 4.78. The Morgan fingerprint density at radius 3 is 2.53 bits per heavy atom. The number of hydrogen-bond donors (Lipinski definition) is 1. The molecule has 0 spiro atoms. The minimum Gasteiger partial charge on any atom is -0.442 e. The maximum absolute atomic E-state index is 14.8. The van der Waals surface area contributed by atoms with Crippen LogP contribution in [-0.2, 0) is 14.0 Å². The summed E-state index contributed by atoms with van der Waals surface area (Å²) in [5.74, 6) is -0.568. The van der Waals surface area contributed by atoms with Crippen molar-refractivity contribution in [2.45, 2.75) is 58.0 Å². The number of amides is 2. The molecule has 2 amide bonds. The molecule has 1 aromatic rings. The van der Waals surface area contributed by atoms with E-state index in [9.17, 15) is 14.0 Å². The molecule has 0 saturated carbocycles. The lowest BCUT2D eigenvalue weighted by atomic mass is 10.1. The number of halogens is 1. The van der Waals surface area contributed by atoms with Crippen LogP contribution in [0.3, 0.4) is 0 Å². The predicted molar refractivity (Wildman–Crippen MR) is 117 cm³/mol. The predicted octanol–water partition coefficient (Wildman–Crippen LogP) is 3.50. The van der Waals surface area contributed by atoms with Crippen molar-refractivity contribution in [1.82, 2.24) is 5.32 Å². The zero-order chi connectivity index (χ0) is 22.3. The number of carbonyl (C=O) groups excluding carboxylic acids is 2. The third-order valence-corrected chi connectivity index (χ3v) is 10.7. The molecule has 30 heavy (non-hydrogen) atoms. The van der Waals surface area contributed by atoms with Crippen LogP contribution in [0.2, 0.25) is 18.1 Å². The lowest BCUT2D eigenvalue weighted by molar-refractivity contribution is -0.119. The maximum Gasteiger partial charge on any atom is 0.414 e. The average Bonchev–Trinajstić information content (AvgIpc) is 2.96. The molecule has 0 radical (unpaired) electrons. The van der Waals surface area contributed by atoms with Crippen molar-refractivity contribution < 1.29 is 23.1 Å². The Morgan fingerprint density at radius 2 is 1.97 bits per heavy atom. The van der Waals surface area contributed by atoms with Crippen LogP contribution in [-0.4, -0.2) is 58.7 Å². The molecule has 9 heteroatoms. The summed E-state index contributed by atoms with van der Waals surface area (Å²) in [5.41, 5.74) is 0.956. The number of benzene rings is 1. The van der Waals surface area contributed by atoms with Gasteiger partial charge in [0.05, 0.1) is 30.6 Å². The van der Waals surface area contributed by atoms with Gasteiger partial charge in [0, 0.05) is 20.0 Å². The highest BCUT2D eigenvalue weighted by atomic mass is 28.4. The van der Waals surface area contributed by atoms with E-state index in [2.05, 4.69) is 39.2 Å². The molecule has 2 aliphatic heterocycles. The second-order valence-corrected chi connectivity index (χ2v) is 14.4. The summed E-state index contributed by atoms with van der Waals surface area (Å²) in [6.07, 6.45) is -0.870. The van der Waals surface area contributed by atoms with E-state index >= 15 is 0 Å². The smallest absolute Gasteiger partial charge is 0.414 e. The highest BCUT2D eigenvalue weighted by Crippen LogP contribution is 2.39. The Balaban J connectivity index is 1.59. The molecule has 1 unspecified atom stereocenters. The van der Waals surface area contributed by atoms with E-state index in [1.54, 1.807) is 12.1 Å². The molecule has 1 aromatic carbocycles. The standard InChI is InChI=1S/C21H32FN3O4Si/c1-14(26)23-10-16-13-25(20(27)28-16)15-7-8-19(18(22)9-15)24-11-17(12-24)29-30(5,6)21(2,3)4/h7-9,16-17H,10-13H2,1-6H3,(H,23,26). The van der Waals surface area contributed by atoms with E-state index in [4.69, 9.17) is 9.16 Å². The number of hydrogen-bond acceptors (Lipinski definition) is 5. The van der Waals surface area contributed by atoms with Gasteiger partial charge in [0.15, 0.2) is 8.32 Å². The van der Waals surface area contributed by atoms with Crippen LogP contribution in [0.15, 0.2) is 18.2 Å². The SMILES string of the molecule is CC(=O)NCC1CN(c2ccc(N3CC(O[Si](C)(C)C(C)(C)C)C3)c(F)c2)C(=O)O1. The second-order valence-electron chi connectivity index (χ2n) is 9.59. The van der Waals surface area contributed by atoms with Crippen molar-refractivity contribution in [2.75, 3.05) is 36.0 Å². The third kappa shape index (κ3) is 4.78. The van der Waals surface area contributed by atoms with Gasteiger partial charge in [0.25, 0.3) is 0 Å². The van der Waals surface area contributed by atoms with Gasteiger partial charge >= 0.3 is 6.09 Å². The molecule has 2 saturated heterocycles. The van der Waals surface area contributed by atoms with Crippen LogP contribution in [0, 0.1) is 5.82 Å². The van der Waals surface area contributed by atoms with Crippen molar-refractivity contribution in [2.24, 2.45) is 0 Å². The number of cyclic esters (lactones) is 1. The largest absolute Gasteiger partial charge is 0.442 e. The van der Waals surface area contributed by atoms with Gasteiger partial charge in [-0.1, -0.05) is 20.8 Å². The van der Waals surface area contributed by atoms with E-state index in [1.165, 1.54) is 17.9 Å². The lowest BCUT2D eigenvalue weighted by Gasteiger charge is -2.47. The quantitative estimate of drug-likeness (QED) is 0.690. The van der Waals surface area contributed by atoms with Gasteiger partial charge in [-0.15, -0.1) is 0 Å². The van der Waals surface area contributed by atoms with Crippen LogP contribution in [0.5, 0.6) is 0 Å². The zero-order valence-electron chi connectivity index (χ0n) is 18.6. The van der Waals surface area contributed by atoms with Gasteiger partial charge < -0.3 is 19.4 Å². The highest BCUT2D eigenvalue weighted by molar-refractivity contribution is 6.74. The molecule has 0 aliphatic carbocycles. The maximum atomic E-state index is 14.8. The van der Waals surface area contributed by atoms with Crippen molar-refractivity contribution in [3.8, 4) is 0 Å². The van der Waals surface area contributed by atoms with Crippen molar-refractivity contribution in [1.29, 1.82) is 0 Å². The molecule has 0 aromatic heterocycles. The summed E-state index contributed by atoms with van der Waals surface area (Å²) < 4.78 is 26.4. The Kier molecular flexibility index (Phi) is 6.15. The molecular weight excluding hydrogens is 405 g/mol. The summed E-state index contributed by atoms with van der Waals surface area (Å²) in [5, 5.41) is 2.77. The highest BCUT2D eigenvalue weighted by Gasteiger charge is 2.42. The second kappa shape index (κ2) is 8.18. The molecule has 0 bridgehead atoms. The Bertz CT molecular complexity index is 821. The van der Waals surface area contributed by atoms with Crippen molar-refractivity contribution >= 4 is 31.7 Å². The number of nitrogens with zero attached hydrogens (tertiary/aromatic N) is 2. The molecule has 2 fully saturated rings. The molecule has 7 nitrogen and oxygen atoms in total. The van der Waals surface area contributed by atoms with Gasteiger partial charge in [-0.3, -0.25) is 9.69 Å². The number of carbonyl (C=O) groups is 2. The van der Waals surface area contributed by atoms with Gasteiger partial charge in [-0.05, 0) is 36.3 Å². The fourth-order valence-corrected chi connectivity index (χ4v) is 4.66. The monoisotopic (exact) mass is 437 g/mol. The molecule has 3 rings (SSSR count). The van der Waals surface area contributed by atoms with Gasteiger partial charge in [-0.2, -0.15) is 0 Å². The Morgan fingerprint density at radius 1 is 1.30 bits per heavy atom. The molecular formula is C21H32FN3O4Si. The van der Waals surface area contributed by atoms with Crippen LogP contribution in [0.25, 0.3) is 0 Å². The topological polar surface area (TPSA) is 71.1 Å². The molecule has 166 valence electrons. The summed E-state index contributed by atoms with van der Waals surface area (Å²) in [4.78, 5) is 26.5. The molecule has 2 heterocycles. The van der Waals surface area contributed by atoms with E-state index in [0.717, 1.165) is 0 Å². The van der Waals surface area contributed by atoms with Crippen LogP contribution in [0.1, 0.15) is 27.7 Å². The van der Waals surface area contributed by atoms with E-state index < -0.39 is 20.5 Å². The summed E-state index contributed by atoms with van der Waals surface area (Å²) >= 11 is 0. The molecule has 1 N–H and O–H groups in total. The number of ether oxygens (including phenoxy) is 1. The molecule has 1 atom stereocenters. The van der Waals surface area contributed by atoms with E-state index in [-0.39, 0.29) is 36.0 Å². The van der Waals surface area contributed by atoms with E-state index in [0.29, 0.717) is 24.5 Å². The first-order chi connectivity index (χ1) is 13.9. The summed E-state index contributed by atoms with van der Waals surface area (Å²) in [7, 11) is -1.84. The Hall–Kier alpha value is -2.13. The third-order valence-electron chi connectivity index (χ3n) is 6.15. The zero-order valence-corrected chi connectivity index (χ0v) is 19.6. The van der Waals surface area contributed by atoms with Gasteiger partial charge in [0.1, 0.15) is 11.9 Å². The van der Waals surface area contributed by atoms with Gasteiger partial charge in [0.2, 0.25) is 5.91 Å². The lowest BCUT2D eigenvalue weighted by Crippen LogP contribution is -2.58. The fourth-order valence-electron chi connectivity index (χ4n) is 3.32. The number of anilines is 2. The van der Waals surface area contributed by atoms with Crippen LogP contribution < -0.4 is 15.1 Å². The minimum absolute atomic E-state index is 0.119. The van der Waals surface area contributed by atoms with Crippen LogP contribution >= 0.6 is 0 Å². The first-order valence-electron chi connectivity index (χ1n) is 10.3. The summed E-state index contributed by atoms with van der Waals surface area (Å²) in [6.45, 7) is 14.3. The normalized spacial score (nSPS) is 20.2. The first-order valence-corrected chi connectivity index (χ1v) is 13.2. The number of nitrogens with one attached hydrogen (secondary N) is 1. The van der Waals surface area contributed by atoms with Crippen LogP contribution in [0.4, 0.5) is 20.6 Å². The van der Waals surface area contributed by atoms with Crippen molar-refractivity contribution in [3.05, 3.63) is 24.0 Å². The minimum atomic E-state index is -1.84.